The molecule has 0 radical (unpaired) electrons. The largest absolute Gasteiger partial charge is 0.454 e. The Kier molecular flexibility index (Phi) is 3.78. The Morgan fingerprint density at radius 1 is 1.40 bits per heavy atom. The zero-order valence-corrected chi connectivity index (χ0v) is 11.7. The Bertz CT molecular complexity index is 504. The second-order valence-corrected chi connectivity index (χ2v) is 5.39. The molecule has 3 rings (SSSR count). The first-order valence-corrected chi connectivity index (χ1v) is 7.12. The number of carbonyl (C=O) groups excluding carboxylic acids is 1. The molecule has 20 heavy (non-hydrogen) atoms. The van der Waals surface area contributed by atoms with Crippen molar-refractivity contribution in [3.8, 4) is 11.5 Å². The van der Waals surface area contributed by atoms with Crippen LogP contribution in [-0.4, -0.2) is 43.8 Å². The van der Waals surface area contributed by atoms with Crippen molar-refractivity contribution in [2.24, 2.45) is 0 Å². The van der Waals surface area contributed by atoms with Crippen LogP contribution in [0.25, 0.3) is 0 Å². The van der Waals surface area contributed by atoms with Gasteiger partial charge in [-0.25, -0.2) is 0 Å². The fourth-order valence-corrected chi connectivity index (χ4v) is 2.84. The average molecular weight is 276 g/mol. The first kappa shape index (κ1) is 13.2. The minimum absolute atomic E-state index is 0.0519. The number of benzene rings is 1. The van der Waals surface area contributed by atoms with Gasteiger partial charge < -0.3 is 19.7 Å². The summed E-state index contributed by atoms with van der Waals surface area (Å²) in [6.45, 7) is 2.11. The third kappa shape index (κ3) is 2.72. The molecule has 0 saturated carbocycles. The number of nitrogens with one attached hydrogen (secondary N) is 1. The van der Waals surface area contributed by atoms with Crippen molar-refractivity contribution in [2.45, 2.75) is 25.3 Å². The molecule has 1 saturated heterocycles. The van der Waals surface area contributed by atoms with Gasteiger partial charge >= 0.3 is 0 Å². The molecule has 2 aliphatic heterocycles. The van der Waals surface area contributed by atoms with Crippen LogP contribution in [0.3, 0.4) is 0 Å². The Labute approximate surface area is 118 Å². The molecule has 1 amide bonds. The molecule has 5 heteroatoms. The van der Waals surface area contributed by atoms with Gasteiger partial charge in [0.05, 0.1) is 0 Å². The van der Waals surface area contributed by atoms with Crippen molar-refractivity contribution in [3.05, 3.63) is 23.8 Å². The minimum Gasteiger partial charge on any atom is -0.454 e. The van der Waals surface area contributed by atoms with Crippen LogP contribution in [0, 0.1) is 0 Å². The second-order valence-electron chi connectivity index (χ2n) is 5.39. The summed E-state index contributed by atoms with van der Waals surface area (Å²) in [7, 11) is 2.15. The SMILES string of the molecule is CN1CCCC1CCNC(=O)c1ccc2c(c1)OCO2. The van der Waals surface area contributed by atoms with Gasteiger partial charge in [0.1, 0.15) is 0 Å². The summed E-state index contributed by atoms with van der Waals surface area (Å²) >= 11 is 0. The van der Waals surface area contributed by atoms with Crippen LogP contribution in [0.15, 0.2) is 18.2 Å². The van der Waals surface area contributed by atoms with Crippen molar-refractivity contribution in [2.75, 3.05) is 26.9 Å². The second kappa shape index (κ2) is 5.71. The highest BCUT2D eigenvalue weighted by Gasteiger charge is 2.21. The molecule has 1 unspecified atom stereocenters. The van der Waals surface area contributed by atoms with Gasteiger partial charge in [0.25, 0.3) is 5.91 Å². The quantitative estimate of drug-likeness (QED) is 0.908. The standard InChI is InChI=1S/C15H20N2O3/c1-17-8-2-3-12(17)6-7-16-15(18)11-4-5-13-14(9-11)20-10-19-13/h4-5,9,12H,2-3,6-8,10H2,1H3,(H,16,18). The van der Waals surface area contributed by atoms with Gasteiger partial charge in [-0.3, -0.25) is 4.79 Å². The third-order valence-electron chi connectivity index (χ3n) is 4.07. The molecule has 0 aromatic heterocycles. The molecule has 2 heterocycles. The van der Waals surface area contributed by atoms with Gasteiger partial charge in [0, 0.05) is 18.2 Å². The zero-order valence-electron chi connectivity index (χ0n) is 11.7. The molecule has 0 bridgehead atoms. The predicted molar refractivity (Wildman–Crippen MR) is 75.2 cm³/mol. The third-order valence-corrected chi connectivity index (χ3v) is 4.07. The molecule has 2 aliphatic rings. The topological polar surface area (TPSA) is 50.8 Å². The Hall–Kier alpha value is -1.75. The maximum Gasteiger partial charge on any atom is 0.251 e. The number of hydrogen-bond acceptors (Lipinski definition) is 4. The number of hydrogen-bond donors (Lipinski definition) is 1. The number of carbonyl (C=O) groups is 1. The van der Waals surface area contributed by atoms with Crippen molar-refractivity contribution in [1.82, 2.24) is 10.2 Å². The van der Waals surface area contributed by atoms with Crippen LogP contribution in [-0.2, 0) is 0 Å². The van der Waals surface area contributed by atoms with Crippen LogP contribution in [0.1, 0.15) is 29.6 Å². The van der Waals surface area contributed by atoms with E-state index in [0.29, 0.717) is 29.6 Å². The van der Waals surface area contributed by atoms with E-state index in [1.165, 1.54) is 19.4 Å². The van der Waals surface area contributed by atoms with E-state index in [4.69, 9.17) is 9.47 Å². The van der Waals surface area contributed by atoms with E-state index in [2.05, 4.69) is 17.3 Å². The van der Waals surface area contributed by atoms with Crippen molar-refractivity contribution in [3.63, 3.8) is 0 Å². The molecule has 1 aromatic rings. The normalized spacial score (nSPS) is 21.1. The summed E-state index contributed by atoms with van der Waals surface area (Å²) in [5.74, 6) is 1.30. The highest BCUT2D eigenvalue weighted by molar-refractivity contribution is 5.94. The van der Waals surface area contributed by atoms with Crippen molar-refractivity contribution in [1.29, 1.82) is 0 Å². The number of rotatable bonds is 4. The number of likely N-dealkylation sites (tertiary alicyclic amines) is 1. The van der Waals surface area contributed by atoms with E-state index in [0.717, 1.165) is 6.42 Å². The molecular weight excluding hydrogens is 256 g/mol. The zero-order chi connectivity index (χ0) is 13.9. The monoisotopic (exact) mass is 276 g/mol. The van der Waals surface area contributed by atoms with Crippen molar-refractivity contribution >= 4 is 5.91 Å². The lowest BCUT2D eigenvalue weighted by molar-refractivity contribution is 0.0950. The average Bonchev–Trinajstić information content (AvgIpc) is 3.07. The Balaban J connectivity index is 1.51. The molecular formula is C15H20N2O3. The summed E-state index contributed by atoms with van der Waals surface area (Å²) in [6, 6.07) is 5.89. The molecule has 0 spiro atoms. The van der Waals surface area contributed by atoms with E-state index < -0.39 is 0 Å². The summed E-state index contributed by atoms with van der Waals surface area (Å²) in [5, 5.41) is 2.98. The van der Waals surface area contributed by atoms with Gasteiger partial charge in [-0.05, 0) is 51.1 Å². The smallest absolute Gasteiger partial charge is 0.251 e. The van der Waals surface area contributed by atoms with Gasteiger partial charge in [0.15, 0.2) is 11.5 Å². The Morgan fingerprint density at radius 2 is 2.25 bits per heavy atom. The lowest BCUT2D eigenvalue weighted by atomic mass is 10.1. The van der Waals surface area contributed by atoms with E-state index in [1.807, 2.05) is 0 Å². The fourth-order valence-electron chi connectivity index (χ4n) is 2.84. The molecule has 108 valence electrons. The fraction of sp³-hybridized carbons (Fsp3) is 0.533. The lowest BCUT2D eigenvalue weighted by Crippen LogP contribution is -2.31. The van der Waals surface area contributed by atoms with Crippen molar-refractivity contribution < 1.29 is 14.3 Å². The summed E-state index contributed by atoms with van der Waals surface area (Å²) in [4.78, 5) is 14.4. The molecule has 1 N–H and O–H groups in total. The van der Waals surface area contributed by atoms with Crippen LogP contribution in [0.5, 0.6) is 11.5 Å². The van der Waals surface area contributed by atoms with Gasteiger partial charge in [-0.2, -0.15) is 0 Å². The summed E-state index contributed by atoms with van der Waals surface area (Å²) in [5.41, 5.74) is 0.619. The predicted octanol–water partition coefficient (Wildman–Crippen LogP) is 1.63. The maximum atomic E-state index is 12.1. The molecule has 0 aliphatic carbocycles. The van der Waals surface area contributed by atoms with Crippen LogP contribution >= 0.6 is 0 Å². The summed E-state index contributed by atoms with van der Waals surface area (Å²) in [6.07, 6.45) is 3.50. The maximum absolute atomic E-state index is 12.1. The van der Waals surface area contributed by atoms with Crippen LogP contribution < -0.4 is 14.8 Å². The molecule has 1 atom stereocenters. The summed E-state index contributed by atoms with van der Waals surface area (Å²) < 4.78 is 10.5. The first-order valence-electron chi connectivity index (χ1n) is 7.12. The first-order chi connectivity index (χ1) is 9.74. The van der Waals surface area contributed by atoms with Crippen LogP contribution in [0.4, 0.5) is 0 Å². The van der Waals surface area contributed by atoms with Crippen LogP contribution in [0.2, 0.25) is 0 Å². The van der Waals surface area contributed by atoms with E-state index in [9.17, 15) is 4.79 Å². The van der Waals surface area contributed by atoms with Gasteiger partial charge in [-0.1, -0.05) is 0 Å². The number of ether oxygens (including phenoxy) is 2. The number of amides is 1. The lowest BCUT2D eigenvalue weighted by Gasteiger charge is -2.19. The highest BCUT2D eigenvalue weighted by Crippen LogP contribution is 2.32. The molecule has 1 fully saturated rings. The Morgan fingerprint density at radius 3 is 3.05 bits per heavy atom. The number of nitrogens with zero attached hydrogens (tertiary/aromatic N) is 1. The van der Waals surface area contributed by atoms with E-state index in [-0.39, 0.29) is 12.7 Å². The molecule has 1 aromatic carbocycles. The molecule has 5 nitrogen and oxygen atoms in total. The number of fused-ring (bicyclic) bond motifs is 1. The van der Waals surface area contributed by atoms with E-state index >= 15 is 0 Å². The van der Waals surface area contributed by atoms with E-state index in [1.54, 1.807) is 18.2 Å². The van der Waals surface area contributed by atoms with Gasteiger partial charge in [0.2, 0.25) is 6.79 Å². The van der Waals surface area contributed by atoms with Gasteiger partial charge in [-0.15, -0.1) is 0 Å². The minimum atomic E-state index is -0.0519. The highest BCUT2D eigenvalue weighted by atomic mass is 16.7.